The largest absolute Gasteiger partial charge is 0.508 e. The van der Waals surface area contributed by atoms with Gasteiger partial charge in [0.05, 0.1) is 87.6 Å². The number of phenolic OH excluding ortho intramolecular Hbond substituents is 7. The molecule has 0 atom stereocenters. The van der Waals surface area contributed by atoms with Gasteiger partial charge in [-0.2, -0.15) is 35.7 Å². The predicted molar refractivity (Wildman–Crippen MR) is 511 cm³/mol. The fourth-order valence-corrected chi connectivity index (χ4v) is 13.7. The van der Waals surface area contributed by atoms with Gasteiger partial charge in [0.1, 0.15) is 63.5 Å². The number of hydrogen-bond acceptors (Lipinski definition) is 24. The highest BCUT2D eigenvalue weighted by molar-refractivity contribution is 6.13. The lowest BCUT2D eigenvalue weighted by Gasteiger charge is -2.20. The zero-order valence-electron chi connectivity index (χ0n) is 78.6. The monoisotopic (exact) mass is 1840 g/mol. The third kappa shape index (κ3) is 26.0. The van der Waals surface area contributed by atoms with Crippen molar-refractivity contribution in [2.24, 2.45) is 20.4 Å². The first-order valence-corrected chi connectivity index (χ1v) is 42.3. The minimum atomic E-state index is -1.05. The second-order valence-electron chi connectivity index (χ2n) is 33.3. The molecule has 0 saturated carbocycles. The molecule has 0 spiro atoms. The second-order valence-corrected chi connectivity index (χ2v) is 33.3. The van der Waals surface area contributed by atoms with Crippen LogP contribution >= 0.6 is 0 Å². The van der Waals surface area contributed by atoms with E-state index in [4.69, 9.17) is 14.2 Å². The Labute approximate surface area is 775 Å². The third-order valence-corrected chi connectivity index (χ3v) is 21.3. The van der Waals surface area contributed by atoms with Crippen molar-refractivity contribution in [2.45, 2.75) is 138 Å². The number of benzene rings is 7. The Morgan fingerprint density at radius 1 is 0.276 bits per heavy atom. The van der Waals surface area contributed by atoms with E-state index < -0.39 is 40.7 Å². The maximum absolute atomic E-state index is 14.2. The van der Waals surface area contributed by atoms with Gasteiger partial charge in [0.2, 0.25) is 17.6 Å². The molecule has 7 N–H and O–H groups in total. The van der Waals surface area contributed by atoms with Crippen molar-refractivity contribution in [1.82, 2.24) is 50.6 Å². The van der Waals surface area contributed by atoms with Gasteiger partial charge in [0.15, 0.2) is 23.3 Å². The van der Waals surface area contributed by atoms with Crippen LogP contribution in [0.3, 0.4) is 0 Å². The first-order valence-electron chi connectivity index (χ1n) is 42.3. The van der Waals surface area contributed by atoms with Gasteiger partial charge in [-0.25, -0.2) is 35.1 Å². The standard InChI is InChI=1S/C15H16F2N2O.2C15H17FN2O.C15H18N2O.C14H14F2N2O2.2C14H15FN2O2/c1-8(2)13-12(20)6-11(14(16)15(13)17)10-5-9(3)19(4)18-7-10;1-9(2)15-13(16)6-11(7-14(15)19)12-5-10(3)18(4)17-8-12;1-9(2)12-6-14(16)13(7-15(12)19)11-5-10(3)18(4)17-8-11;1-10(2)14-6-5-12(8-15(14)18)13-7-11(3)17(4)16-9-13;1-7(2)12-10(19)5-9(13(15)14(12)16)8-4-11(20-3)18-17-6-8;1-8(2)10-5-12(15)11(6-13(10)18)9-4-14(19-3)17-16-7-9;1-8(2)14-11(15)4-9(5-12(14)18)10-6-13(19-3)17-16-7-10/h5-8,20H,3H2,1-2,4H3;2*5-9,19H,3H2,1-2,4H3;5-10,18H,3H2,1-2,4H3;4-7,19H,1-3H3;2*4-8,18H,1-3H3. The molecule has 0 saturated heterocycles. The summed E-state index contributed by atoms with van der Waals surface area (Å²) >= 11 is 0. The predicted octanol–water partition coefficient (Wildman–Crippen LogP) is 23.4. The van der Waals surface area contributed by atoms with E-state index in [0.717, 1.165) is 28.0 Å². The minimum Gasteiger partial charge on any atom is -0.508 e. The maximum Gasteiger partial charge on any atom is 0.233 e. The van der Waals surface area contributed by atoms with Gasteiger partial charge in [0.25, 0.3) is 0 Å². The molecule has 0 unspecified atom stereocenters. The number of methoxy groups -OCH3 is 3. The summed E-state index contributed by atoms with van der Waals surface area (Å²) in [5, 5.41) is 115. The van der Waals surface area contributed by atoms with Gasteiger partial charge in [-0.05, 0) is 166 Å². The summed E-state index contributed by atoms with van der Waals surface area (Å²) in [6.07, 6.45) is 17.6. The Morgan fingerprint density at radius 2 is 0.575 bits per heavy atom. The Hall–Kier alpha value is -15.0. The summed E-state index contributed by atoms with van der Waals surface area (Å²) in [5.41, 5.74) is 12.2. The number of likely N-dealkylation sites (N-methyl/N-ethyl adjacent to an activating group) is 4. The SMILES string of the molecule is C=C1C=C(c2cc(O)c(C(C)C)c(F)c2)C=NN1C.C=C1C=C(c2cc(O)c(C(C)C)c(F)c2F)C=NN1C.C=C1C=C(c2cc(O)c(C(C)C)cc2F)C=NN1C.C=C1C=C(c2ccc(C(C)C)c(O)c2)C=NN1C.COc1cc(-c2cc(O)c(C(C)C)c(F)c2)cnn1.COc1cc(-c2cc(O)c(C(C)C)c(F)c2F)cnn1.COc1cc(-c2cc(O)c(C(C)C)cc2F)cnn1. The molecular formula is C102H112F8N14O10. The van der Waals surface area contributed by atoms with E-state index in [1.165, 1.54) is 112 Å². The highest BCUT2D eigenvalue weighted by atomic mass is 19.2. The molecule has 32 heteroatoms. The molecule has 0 aliphatic carbocycles. The van der Waals surface area contributed by atoms with Gasteiger partial charge >= 0.3 is 0 Å². The zero-order valence-corrected chi connectivity index (χ0v) is 78.6. The quantitative estimate of drug-likeness (QED) is 0.0417. The van der Waals surface area contributed by atoms with Crippen LogP contribution in [0.1, 0.15) is 200 Å². The summed E-state index contributed by atoms with van der Waals surface area (Å²) in [4.78, 5) is 0. The van der Waals surface area contributed by atoms with Gasteiger partial charge in [-0.3, -0.25) is 20.0 Å². The fourth-order valence-electron chi connectivity index (χ4n) is 13.7. The summed E-state index contributed by atoms with van der Waals surface area (Å²) < 4.78 is 128. The van der Waals surface area contributed by atoms with Crippen molar-refractivity contribution in [1.29, 1.82) is 0 Å². The van der Waals surface area contributed by atoms with E-state index in [2.05, 4.69) is 91.2 Å². The number of phenols is 7. The normalized spacial score (nSPS) is 13.3. The molecule has 14 rings (SSSR count). The van der Waals surface area contributed by atoms with Crippen molar-refractivity contribution in [3.8, 4) is 91.3 Å². The van der Waals surface area contributed by atoms with Crippen molar-refractivity contribution in [3.63, 3.8) is 0 Å². The fraction of sp³-hybridized carbons (Fsp3) is 0.275. The molecule has 0 amide bonds. The summed E-state index contributed by atoms with van der Waals surface area (Å²) in [5.74, 6) is -5.34. The van der Waals surface area contributed by atoms with E-state index in [-0.39, 0.29) is 115 Å². The van der Waals surface area contributed by atoms with Crippen LogP contribution in [0.4, 0.5) is 35.1 Å². The number of hydrogen-bond donors (Lipinski definition) is 7. The van der Waals surface area contributed by atoms with Crippen molar-refractivity contribution < 1.29 is 85.1 Å². The molecule has 0 fully saturated rings. The minimum absolute atomic E-state index is 0.0180. The van der Waals surface area contributed by atoms with Crippen LogP contribution in [0.25, 0.3) is 55.7 Å². The first kappa shape index (κ1) is 104. The molecule has 134 heavy (non-hydrogen) atoms. The van der Waals surface area contributed by atoms with Crippen LogP contribution in [0.5, 0.6) is 57.9 Å². The smallest absolute Gasteiger partial charge is 0.233 e. The Bertz CT molecular complexity index is 6250. The van der Waals surface area contributed by atoms with E-state index in [0.29, 0.717) is 102 Å². The van der Waals surface area contributed by atoms with Crippen molar-refractivity contribution >= 4 is 47.2 Å². The molecule has 0 radical (unpaired) electrons. The molecule has 7 heterocycles. The lowest BCUT2D eigenvalue weighted by atomic mass is 9.95. The lowest BCUT2D eigenvalue weighted by Crippen LogP contribution is -2.13. The topological polar surface area (TPSA) is 309 Å². The first-order chi connectivity index (χ1) is 63.1. The number of rotatable bonds is 17. The van der Waals surface area contributed by atoms with E-state index in [1.54, 1.807) is 125 Å². The number of allylic oxidation sites excluding steroid dienone is 8. The van der Waals surface area contributed by atoms with Crippen LogP contribution in [0.15, 0.2) is 209 Å². The van der Waals surface area contributed by atoms with Crippen LogP contribution in [0.2, 0.25) is 0 Å². The Balaban J connectivity index is 0.000000192. The number of hydrazone groups is 4. The van der Waals surface area contributed by atoms with Gasteiger partial charge in [-0.15, -0.1) is 15.3 Å². The van der Waals surface area contributed by atoms with Crippen molar-refractivity contribution in [3.05, 3.63) is 297 Å². The second kappa shape index (κ2) is 46.2. The number of ether oxygens (including phenoxy) is 3. The Morgan fingerprint density at radius 3 is 0.955 bits per heavy atom. The van der Waals surface area contributed by atoms with E-state index in [1.807, 2.05) is 80.6 Å². The zero-order chi connectivity index (χ0) is 99.5. The molecule has 0 bridgehead atoms. The highest BCUT2D eigenvalue weighted by Gasteiger charge is 2.27. The Kier molecular flexibility index (Phi) is 36.0. The molecule has 24 nitrogen and oxygen atoms in total. The molecule has 4 aliphatic rings. The van der Waals surface area contributed by atoms with Gasteiger partial charge in [0, 0.05) is 130 Å². The summed E-state index contributed by atoms with van der Waals surface area (Å²) in [6.45, 7) is 41.1. The van der Waals surface area contributed by atoms with E-state index >= 15 is 0 Å². The lowest BCUT2D eigenvalue weighted by molar-refractivity contribution is 0.392. The number of halogens is 8. The van der Waals surface area contributed by atoms with Crippen LogP contribution < -0.4 is 14.2 Å². The van der Waals surface area contributed by atoms with Gasteiger partial charge in [-0.1, -0.05) is 135 Å². The molecule has 3 aromatic heterocycles. The number of aromatic nitrogens is 6. The molecule has 4 aliphatic heterocycles. The number of aromatic hydroxyl groups is 7. The molecule has 706 valence electrons. The molecular weight excluding hydrogens is 1730 g/mol. The van der Waals surface area contributed by atoms with Crippen LogP contribution in [0, 0.1) is 46.5 Å². The average molecular weight is 1850 g/mol. The van der Waals surface area contributed by atoms with Gasteiger partial charge < -0.3 is 50.0 Å². The maximum atomic E-state index is 14.2. The third-order valence-electron chi connectivity index (χ3n) is 21.3. The van der Waals surface area contributed by atoms with Crippen molar-refractivity contribution in [2.75, 3.05) is 49.5 Å². The summed E-state index contributed by atoms with van der Waals surface area (Å²) in [6, 6.07) is 24.3. The van der Waals surface area contributed by atoms with Crippen LogP contribution in [-0.2, 0) is 0 Å². The van der Waals surface area contributed by atoms with E-state index in [9.17, 15) is 70.9 Å². The molecule has 10 aromatic rings. The highest BCUT2D eigenvalue weighted by Crippen LogP contribution is 2.42. The average Bonchev–Trinajstić information content (AvgIpc) is 0.780. The number of nitrogens with zero attached hydrogens (tertiary/aromatic N) is 14. The van der Waals surface area contributed by atoms with Crippen LogP contribution in [-0.4, -0.2) is 161 Å². The summed E-state index contributed by atoms with van der Waals surface area (Å²) in [7, 11) is 11.4. The molecule has 7 aromatic carbocycles.